The molecule has 142 valence electrons. The van der Waals surface area contributed by atoms with E-state index in [1.807, 2.05) is 23.9 Å². The molecule has 0 aliphatic heterocycles. The number of aryl methyl sites for hydroxylation is 2. The molecule has 0 bridgehead atoms. The molecule has 0 atom stereocenters. The average molecular weight is 383 g/mol. The van der Waals surface area contributed by atoms with Crippen LogP contribution in [0.3, 0.4) is 0 Å². The Balaban J connectivity index is 1.35. The molecule has 0 unspecified atom stereocenters. The van der Waals surface area contributed by atoms with Crippen LogP contribution in [-0.2, 0) is 12.8 Å². The van der Waals surface area contributed by atoms with Gasteiger partial charge in [-0.05, 0) is 43.5 Å². The lowest BCUT2D eigenvalue weighted by Gasteiger charge is -2.12. The number of rotatable bonds is 8. The molecule has 3 aromatic rings. The highest BCUT2D eigenvalue weighted by atomic mass is 32.1. The van der Waals surface area contributed by atoms with Crippen LogP contribution in [0.2, 0.25) is 0 Å². The highest BCUT2D eigenvalue weighted by Crippen LogP contribution is 2.10. The molecule has 0 saturated carbocycles. The van der Waals surface area contributed by atoms with E-state index < -0.39 is 0 Å². The molecular formula is C20H26N6S. The zero-order valence-electron chi connectivity index (χ0n) is 15.9. The number of nitrogens with one attached hydrogen (secondary N) is 2. The van der Waals surface area contributed by atoms with E-state index in [2.05, 4.69) is 55.4 Å². The first kappa shape index (κ1) is 19.1. The van der Waals surface area contributed by atoms with Crippen molar-refractivity contribution in [2.75, 3.05) is 20.1 Å². The molecule has 0 fully saturated rings. The van der Waals surface area contributed by atoms with E-state index in [4.69, 9.17) is 0 Å². The van der Waals surface area contributed by atoms with Gasteiger partial charge in [0.15, 0.2) is 5.96 Å². The van der Waals surface area contributed by atoms with Crippen molar-refractivity contribution in [3.63, 3.8) is 0 Å². The number of benzene rings is 1. The molecule has 0 aliphatic carbocycles. The van der Waals surface area contributed by atoms with Gasteiger partial charge in [0.25, 0.3) is 0 Å². The van der Waals surface area contributed by atoms with Gasteiger partial charge in [-0.3, -0.25) is 4.99 Å². The third kappa shape index (κ3) is 5.92. The van der Waals surface area contributed by atoms with Crippen molar-refractivity contribution < 1.29 is 0 Å². The number of aromatic nitrogens is 3. The van der Waals surface area contributed by atoms with Gasteiger partial charge >= 0.3 is 0 Å². The van der Waals surface area contributed by atoms with Gasteiger partial charge in [-0.2, -0.15) is 5.10 Å². The Labute approximate surface area is 164 Å². The first-order valence-electron chi connectivity index (χ1n) is 9.19. The van der Waals surface area contributed by atoms with Crippen molar-refractivity contribution in [3.05, 3.63) is 64.4 Å². The van der Waals surface area contributed by atoms with Gasteiger partial charge in [0.05, 0.1) is 10.7 Å². The number of hydrogen-bond acceptors (Lipinski definition) is 4. The number of thiazole rings is 1. The third-order valence-electron chi connectivity index (χ3n) is 4.16. The van der Waals surface area contributed by atoms with Crippen molar-refractivity contribution in [2.24, 2.45) is 4.99 Å². The fourth-order valence-electron chi connectivity index (χ4n) is 2.75. The molecule has 2 aromatic heterocycles. The standard InChI is InChI=1S/C20H26N6S/c1-16-15-27-19(25-16)5-3-11-22-20(21-2)23-13-10-17-6-8-18(9-7-17)26-14-4-12-24-26/h4,6-9,12,14-15H,3,5,10-11,13H2,1-2H3,(H2,21,22,23). The summed E-state index contributed by atoms with van der Waals surface area (Å²) in [6.45, 7) is 3.76. The molecule has 2 heterocycles. The summed E-state index contributed by atoms with van der Waals surface area (Å²) in [5, 5.41) is 14.3. The summed E-state index contributed by atoms with van der Waals surface area (Å²) in [5.41, 5.74) is 3.47. The maximum atomic E-state index is 4.49. The first-order valence-corrected chi connectivity index (χ1v) is 10.1. The van der Waals surface area contributed by atoms with Gasteiger partial charge in [0.2, 0.25) is 0 Å². The van der Waals surface area contributed by atoms with Gasteiger partial charge < -0.3 is 10.6 Å². The highest BCUT2D eigenvalue weighted by Gasteiger charge is 2.01. The number of hydrogen-bond donors (Lipinski definition) is 2. The monoisotopic (exact) mass is 382 g/mol. The fraction of sp³-hybridized carbons (Fsp3) is 0.350. The predicted molar refractivity (Wildman–Crippen MR) is 112 cm³/mol. The minimum Gasteiger partial charge on any atom is -0.356 e. The summed E-state index contributed by atoms with van der Waals surface area (Å²) in [5.74, 6) is 0.846. The van der Waals surface area contributed by atoms with Crippen LogP contribution < -0.4 is 10.6 Å². The summed E-state index contributed by atoms with van der Waals surface area (Å²) in [7, 11) is 1.80. The average Bonchev–Trinajstić information content (AvgIpc) is 3.36. The van der Waals surface area contributed by atoms with E-state index in [-0.39, 0.29) is 0 Å². The summed E-state index contributed by atoms with van der Waals surface area (Å²) in [6.07, 6.45) is 6.72. The molecule has 0 radical (unpaired) electrons. The number of guanidine groups is 1. The maximum Gasteiger partial charge on any atom is 0.190 e. The summed E-state index contributed by atoms with van der Waals surface area (Å²) in [4.78, 5) is 8.78. The van der Waals surface area contributed by atoms with Gasteiger partial charge in [-0.1, -0.05) is 12.1 Å². The van der Waals surface area contributed by atoms with Gasteiger partial charge in [-0.25, -0.2) is 9.67 Å². The van der Waals surface area contributed by atoms with Crippen LogP contribution in [0.1, 0.15) is 22.7 Å². The molecular weight excluding hydrogens is 356 g/mol. The minimum absolute atomic E-state index is 0.840. The van der Waals surface area contributed by atoms with E-state index >= 15 is 0 Å². The molecule has 0 saturated heterocycles. The van der Waals surface area contributed by atoms with Crippen LogP contribution >= 0.6 is 11.3 Å². The molecule has 0 aliphatic rings. The molecule has 7 heteroatoms. The van der Waals surface area contributed by atoms with Crippen LogP contribution in [0.4, 0.5) is 0 Å². The molecule has 2 N–H and O–H groups in total. The van der Waals surface area contributed by atoms with Crippen molar-refractivity contribution in [3.8, 4) is 5.69 Å². The maximum absolute atomic E-state index is 4.49. The Hall–Kier alpha value is -2.67. The Morgan fingerprint density at radius 1 is 1.15 bits per heavy atom. The Morgan fingerprint density at radius 3 is 2.63 bits per heavy atom. The zero-order valence-corrected chi connectivity index (χ0v) is 16.7. The molecule has 0 amide bonds. The van der Waals surface area contributed by atoms with E-state index in [9.17, 15) is 0 Å². The summed E-state index contributed by atoms with van der Waals surface area (Å²) < 4.78 is 1.86. The topological polar surface area (TPSA) is 67.1 Å². The highest BCUT2D eigenvalue weighted by molar-refractivity contribution is 7.09. The van der Waals surface area contributed by atoms with Gasteiger partial charge in [-0.15, -0.1) is 11.3 Å². The van der Waals surface area contributed by atoms with Crippen LogP contribution in [0.25, 0.3) is 5.69 Å². The van der Waals surface area contributed by atoms with E-state index in [1.165, 1.54) is 10.6 Å². The van der Waals surface area contributed by atoms with E-state index in [1.54, 1.807) is 24.6 Å². The van der Waals surface area contributed by atoms with Crippen molar-refractivity contribution in [1.29, 1.82) is 0 Å². The van der Waals surface area contributed by atoms with Crippen molar-refractivity contribution >= 4 is 17.3 Å². The normalized spacial score (nSPS) is 11.6. The second-order valence-corrected chi connectivity index (χ2v) is 7.22. The quantitative estimate of drug-likeness (QED) is 0.357. The van der Waals surface area contributed by atoms with Crippen LogP contribution in [0.5, 0.6) is 0 Å². The lowest BCUT2D eigenvalue weighted by atomic mass is 10.1. The lowest BCUT2D eigenvalue weighted by molar-refractivity contribution is 0.736. The Kier molecular flexibility index (Phi) is 6.98. The molecule has 0 spiro atoms. The van der Waals surface area contributed by atoms with Crippen molar-refractivity contribution in [1.82, 2.24) is 25.4 Å². The first-order chi connectivity index (χ1) is 13.2. The summed E-state index contributed by atoms with van der Waals surface area (Å²) in [6, 6.07) is 10.4. The largest absolute Gasteiger partial charge is 0.356 e. The minimum atomic E-state index is 0.840. The Bertz CT molecular complexity index is 836. The van der Waals surface area contributed by atoms with E-state index in [0.29, 0.717) is 0 Å². The van der Waals surface area contributed by atoms with E-state index in [0.717, 1.165) is 49.7 Å². The van der Waals surface area contributed by atoms with Crippen LogP contribution in [0, 0.1) is 6.92 Å². The van der Waals surface area contributed by atoms with Crippen LogP contribution in [0.15, 0.2) is 53.1 Å². The van der Waals surface area contributed by atoms with Crippen LogP contribution in [-0.4, -0.2) is 40.9 Å². The Morgan fingerprint density at radius 2 is 1.96 bits per heavy atom. The summed E-state index contributed by atoms with van der Waals surface area (Å²) >= 11 is 1.74. The second kappa shape index (κ2) is 9.87. The van der Waals surface area contributed by atoms with Gasteiger partial charge in [0, 0.05) is 50.0 Å². The van der Waals surface area contributed by atoms with Crippen molar-refractivity contribution in [2.45, 2.75) is 26.2 Å². The zero-order chi connectivity index (χ0) is 18.9. The smallest absolute Gasteiger partial charge is 0.190 e. The molecule has 27 heavy (non-hydrogen) atoms. The predicted octanol–water partition coefficient (Wildman–Crippen LogP) is 2.98. The molecule has 3 rings (SSSR count). The fourth-order valence-corrected chi connectivity index (χ4v) is 3.56. The molecule has 6 nitrogen and oxygen atoms in total. The second-order valence-electron chi connectivity index (χ2n) is 6.28. The SMILES string of the molecule is CN=C(NCCCc1nc(C)cs1)NCCc1ccc(-n2cccn2)cc1. The molecule has 1 aromatic carbocycles. The number of aliphatic imine (C=N–C) groups is 1. The lowest BCUT2D eigenvalue weighted by Crippen LogP contribution is -2.38. The number of nitrogens with zero attached hydrogens (tertiary/aromatic N) is 4. The third-order valence-corrected chi connectivity index (χ3v) is 5.19. The van der Waals surface area contributed by atoms with Gasteiger partial charge in [0.1, 0.15) is 0 Å².